The van der Waals surface area contributed by atoms with Crippen LogP contribution in [0.3, 0.4) is 0 Å². The second-order valence-electron chi connectivity index (χ2n) is 24.2. The van der Waals surface area contributed by atoms with Gasteiger partial charge in [-0.2, -0.15) is 5.10 Å². The topological polar surface area (TPSA) is 251 Å². The number of rotatable bonds is 21. The van der Waals surface area contributed by atoms with E-state index in [4.69, 9.17) is 10.1 Å². The number of aryl methyl sites for hydroxylation is 1. The van der Waals surface area contributed by atoms with Crippen LogP contribution in [0.25, 0.3) is 31.8 Å². The number of thiazole rings is 2. The molecule has 0 spiro atoms. The zero-order valence-electron chi connectivity index (χ0n) is 49.7. The van der Waals surface area contributed by atoms with Crippen molar-refractivity contribution in [2.75, 3.05) is 29.1 Å². The average molecular weight is 1220 g/mol. The van der Waals surface area contributed by atoms with Crippen molar-refractivity contribution in [2.45, 2.75) is 156 Å². The van der Waals surface area contributed by atoms with Crippen molar-refractivity contribution in [3.8, 4) is 21.6 Å². The number of hydrogen-bond acceptors (Lipinski definition) is 15. The number of carbonyl (C=O) groups excluding carboxylic acids is 5. The number of aliphatic hydroxyl groups excluding tert-OH is 1. The molecule has 2 aliphatic heterocycles. The number of unbranched alkanes of at least 4 members (excludes halogenated alkanes) is 3. The molecule has 86 heavy (non-hydrogen) atoms. The summed E-state index contributed by atoms with van der Waals surface area (Å²) in [4.78, 5) is 88.3. The van der Waals surface area contributed by atoms with Gasteiger partial charge in [0.2, 0.25) is 27.7 Å². The second kappa shape index (κ2) is 26.7. The Morgan fingerprint density at radius 1 is 0.849 bits per heavy atom. The number of carbonyl (C=O) groups is 5. The zero-order valence-corrected chi connectivity index (χ0v) is 52.2. The largest absolute Gasteiger partial charge is 0.391 e. The van der Waals surface area contributed by atoms with Gasteiger partial charge in [0.15, 0.2) is 5.13 Å². The molecule has 2 fully saturated rings. The summed E-state index contributed by atoms with van der Waals surface area (Å²) in [5.41, 5.74) is 8.96. The Labute approximate surface area is 510 Å². The van der Waals surface area contributed by atoms with E-state index in [1.807, 2.05) is 118 Å². The van der Waals surface area contributed by atoms with Gasteiger partial charge in [0.1, 0.15) is 23.6 Å². The molecule has 4 atom stereocenters. The van der Waals surface area contributed by atoms with Crippen LogP contribution in [0, 0.1) is 25.2 Å². The summed E-state index contributed by atoms with van der Waals surface area (Å²) < 4.78 is 32.8. The maximum Gasteiger partial charge on any atom is 0.284 e. The molecule has 7 aromatic rings. The highest BCUT2D eigenvalue weighted by Gasteiger charge is 2.45. The minimum Gasteiger partial charge on any atom is -0.391 e. The van der Waals surface area contributed by atoms with Crippen molar-refractivity contribution in [1.82, 2.24) is 45.0 Å². The van der Waals surface area contributed by atoms with E-state index in [2.05, 4.69) is 30.6 Å². The minimum absolute atomic E-state index is 0.0547. The lowest BCUT2D eigenvalue weighted by molar-refractivity contribution is -0.144. The van der Waals surface area contributed by atoms with Gasteiger partial charge in [-0.3, -0.25) is 34.0 Å². The van der Waals surface area contributed by atoms with Crippen LogP contribution in [0.2, 0.25) is 0 Å². The first-order valence-corrected chi connectivity index (χ1v) is 33.2. The summed E-state index contributed by atoms with van der Waals surface area (Å²) in [6.07, 6.45) is 8.93. The lowest BCUT2D eigenvalue weighted by Crippen LogP contribution is -2.57. The van der Waals surface area contributed by atoms with Gasteiger partial charge in [-0.25, -0.2) is 28.1 Å². The molecule has 4 aromatic heterocycles. The summed E-state index contributed by atoms with van der Waals surface area (Å²) in [5, 5.41) is 25.0. The third-order valence-electron chi connectivity index (χ3n) is 16.9. The Morgan fingerprint density at radius 2 is 1.62 bits per heavy atom. The number of aromatic nitrogens is 5. The number of amides is 5. The standard InChI is InChI=1S/C64H77N11O8S3/c1-39(43-24-26-45(27-25-43)57-40(2)65-38-84-57)67-60(79)52-33-46(76)36-74(52)62(81)58(64(4,5)6)70-55(77)23-12-7-8-15-32-86(82,83)72-61(80)56-47(49-34-66-75(41(49)3)35-42-17-10-9-11-18-42)28-29-54(69-56)73-31-30-44-19-16-20-48(50(44)37-73)59(78)71-63-68-51-21-13-14-22-53(51)85-63/h13-14,16,19-22,24-29,34,38-39,42,46,52,58,76H,7-12,15,17-18,23,30-33,35-37H2,1-6H3,(H,67,79)(H,70,77)(H,72,80)(H,68,71,78)/t39-,46+,52-,58+/m0/s1. The van der Waals surface area contributed by atoms with Crippen LogP contribution >= 0.6 is 22.7 Å². The molecule has 0 radical (unpaired) electrons. The quantitative estimate of drug-likeness (QED) is 0.0421. The van der Waals surface area contributed by atoms with Crippen molar-refractivity contribution in [3.63, 3.8) is 0 Å². The van der Waals surface area contributed by atoms with E-state index in [1.54, 1.807) is 35.2 Å². The van der Waals surface area contributed by atoms with Gasteiger partial charge in [0.05, 0.1) is 50.4 Å². The van der Waals surface area contributed by atoms with Crippen LogP contribution in [0.4, 0.5) is 10.9 Å². The molecule has 3 aliphatic rings. The molecule has 10 rings (SSSR count). The summed E-state index contributed by atoms with van der Waals surface area (Å²) in [5.74, 6) is -1.80. The number of fused-ring (bicyclic) bond motifs is 2. The van der Waals surface area contributed by atoms with Crippen LogP contribution in [0.1, 0.15) is 153 Å². The third-order valence-corrected chi connectivity index (χ3v) is 20.1. The van der Waals surface area contributed by atoms with Gasteiger partial charge >= 0.3 is 0 Å². The molecule has 6 heterocycles. The summed E-state index contributed by atoms with van der Waals surface area (Å²) in [7, 11) is -4.17. The van der Waals surface area contributed by atoms with Crippen molar-refractivity contribution in [1.29, 1.82) is 0 Å². The van der Waals surface area contributed by atoms with Crippen molar-refractivity contribution in [2.24, 2.45) is 11.3 Å². The number of β-amino-alcohol motifs (C(OH)–C–C–N with tert-alkyl or cyclic N) is 1. The number of hydrogen-bond donors (Lipinski definition) is 5. The Bertz CT molecular complexity index is 3700. The lowest BCUT2D eigenvalue weighted by atomic mass is 9.85. The smallest absolute Gasteiger partial charge is 0.284 e. The van der Waals surface area contributed by atoms with Crippen LogP contribution < -0.4 is 25.6 Å². The van der Waals surface area contributed by atoms with E-state index in [-0.39, 0.29) is 55.1 Å². The first-order chi connectivity index (χ1) is 41.2. The second-order valence-corrected chi connectivity index (χ2v) is 28.0. The summed E-state index contributed by atoms with van der Waals surface area (Å²) in [6.45, 7) is 12.8. The van der Waals surface area contributed by atoms with Crippen LogP contribution in [0.5, 0.6) is 0 Å². The lowest BCUT2D eigenvalue weighted by Gasteiger charge is -2.35. The molecule has 0 unspecified atom stereocenters. The predicted octanol–water partition coefficient (Wildman–Crippen LogP) is 10.1. The highest BCUT2D eigenvalue weighted by atomic mass is 32.2. The van der Waals surface area contributed by atoms with Crippen LogP contribution in [-0.4, -0.2) is 110 Å². The highest BCUT2D eigenvalue weighted by Crippen LogP contribution is 2.35. The van der Waals surface area contributed by atoms with E-state index >= 15 is 0 Å². The van der Waals surface area contributed by atoms with Crippen molar-refractivity contribution >= 4 is 83.4 Å². The van der Waals surface area contributed by atoms with E-state index in [0.717, 1.165) is 68.1 Å². The van der Waals surface area contributed by atoms with E-state index in [9.17, 15) is 37.5 Å². The molecule has 5 N–H and O–H groups in total. The third kappa shape index (κ3) is 14.5. The SMILES string of the molecule is Cc1ncsc1-c1ccc([C@H](C)NC(=O)[C@@H]2C[C@@H](O)CN2C(=O)[C@@H](NC(=O)CCCCCCS(=O)(=O)NC(=O)c2nc(N3CCc4cccc(C(=O)Nc5nc6ccccc6s5)c4C3)ccc2-c2cnn(CC3CCCCC3)c2C)C(C)(C)C)cc1. The maximum atomic E-state index is 14.5. The number of likely N-dealkylation sites (tertiary alicyclic amines) is 1. The number of aliphatic hydroxyl groups is 1. The zero-order chi connectivity index (χ0) is 60.9. The molecule has 1 saturated carbocycles. The maximum absolute atomic E-state index is 14.5. The van der Waals surface area contributed by atoms with Gasteiger partial charge in [-0.05, 0) is 117 Å². The molecule has 1 saturated heterocycles. The number of sulfonamides is 1. The Morgan fingerprint density at radius 3 is 2.36 bits per heavy atom. The predicted molar refractivity (Wildman–Crippen MR) is 336 cm³/mol. The molecule has 1 aliphatic carbocycles. The fraction of sp³-hybridized carbons (Fsp3) is 0.453. The highest BCUT2D eigenvalue weighted by molar-refractivity contribution is 7.90. The molecule has 22 heteroatoms. The fourth-order valence-corrected chi connectivity index (χ4v) is 14.8. The average Bonchev–Trinajstić information content (AvgIpc) is 2.10. The first-order valence-electron chi connectivity index (χ1n) is 29.9. The molecule has 19 nitrogen and oxygen atoms in total. The number of benzene rings is 3. The Balaban J connectivity index is 0.752. The molecule has 3 aromatic carbocycles. The molecule has 5 amide bonds. The fourth-order valence-electron chi connectivity index (χ4n) is 12.0. The minimum atomic E-state index is -4.17. The van der Waals surface area contributed by atoms with Crippen molar-refractivity contribution in [3.05, 3.63) is 130 Å². The van der Waals surface area contributed by atoms with Crippen LogP contribution in [-0.2, 0) is 43.9 Å². The van der Waals surface area contributed by atoms with E-state index in [0.29, 0.717) is 72.3 Å². The number of para-hydroxylation sites is 1. The van der Waals surface area contributed by atoms with Gasteiger partial charge < -0.3 is 25.5 Å². The molecule has 0 bridgehead atoms. The van der Waals surface area contributed by atoms with Gasteiger partial charge in [0, 0.05) is 61.4 Å². The Kier molecular flexibility index (Phi) is 19.1. The number of nitrogens with zero attached hydrogens (tertiary/aromatic N) is 7. The van der Waals surface area contributed by atoms with Gasteiger partial charge in [0.25, 0.3) is 11.8 Å². The molecule has 454 valence electrons. The molecular weight excluding hydrogens is 1150 g/mol. The van der Waals surface area contributed by atoms with Crippen molar-refractivity contribution < 1.29 is 37.5 Å². The Hall–Kier alpha value is -7.40. The normalized spacial score (nSPS) is 17.2. The van der Waals surface area contributed by atoms with E-state index < -0.39 is 51.3 Å². The van der Waals surface area contributed by atoms with E-state index in [1.165, 1.54) is 35.5 Å². The first kappa shape index (κ1) is 61.7. The van der Waals surface area contributed by atoms with Crippen LogP contribution in [0.15, 0.2) is 90.6 Å². The number of anilines is 2. The van der Waals surface area contributed by atoms with Gasteiger partial charge in [-0.15, -0.1) is 11.3 Å². The molecular formula is C64H77N11O8S3. The van der Waals surface area contributed by atoms with Gasteiger partial charge in [-0.1, -0.05) is 113 Å². The monoisotopic (exact) mass is 1220 g/mol. The summed E-state index contributed by atoms with van der Waals surface area (Å²) in [6, 6.07) is 22.6. The summed E-state index contributed by atoms with van der Waals surface area (Å²) >= 11 is 2.96. The number of nitrogens with one attached hydrogen (secondary N) is 4. The number of pyridine rings is 1.